The highest BCUT2D eigenvalue weighted by Crippen LogP contribution is 2.69. The zero-order chi connectivity index (χ0) is 23.8. The van der Waals surface area contributed by atoms with Gasteiger partial charge in [0.05, 0.1) is 19.1 Å². The monoisotopic (exact) mass is 450 g/mol. The van der Waals surface area contributed by atoms with Crippen LogP contribution in [0.5, 0.6) is 0 Å². The van der Waals surface area contributed by atoms with Crippen molar-refractivity contribution in [2.24, 2.45) is 34.5 Å². The molecule has 1 saturated heterocycles. The number of Topliss-reactive ketones (excluding diaryl/α,β-unsaturated/α-hetero) is 1. The highest BCUT2D eigenvalue weighted by atomic mass is 16.6. The fraction of sp³-hybridized carbons (Fsp3) is 0.792. The number of esters is 2. The summed E-state index contributed by atoms with van der Waals surface area (Å²) >= 11 is 0. The molecule has 4 aliphatic rings. The third-order valence-corrected chi connectivity index (χ3v) is 9.09. The fourth-order valence-corrected chi connectivity index (χ4v) is 7.87. The molecule has 3 fully saturated rings. The van der Waals surface area contributed by atoms with E-state index in [9.17, 15) is 19.5 Å². The number of allylic oxidation sites excluding steroid dienone is 2. The molecular formula is C24H34O8. The molecular weight excluding hydrogens is 416 g/mol. The van der Waals surface area contributed by atoms with Crippen molar-refractivity contribution in [2.45, 2.75) is 71.4 Å². The first-order valence-electron chi connectivity index (χ1n) is 11.3. The zero-order valence-electron chi connectivity index (χ0n) is 19.8. The number of ketones is 1. The van der Waals surface area contributed by atoms with Crippen molar-refractivity contribution in [3.05, 3.63) is 11.8 Å². The predicted octanol–water partition coefficient (Wildman–Crippen LogP) is 2.03. The molecule has 3 unspecified atom stereocenters. The molecule has 0 radical (unpaired) electrons. The lowest BCUT2D eigenvalue weighted by Gasteiger charge is -2.69. The molecule has 2 saturated carbocycles. The summed E-state index contributed by atoms with van der Waals surface area (Å²) in [4.78, 5) is 38.7. The Balaban J connectivity index is 2.00. The Morgan fingerprint density at radius 3 is 2.44 bits per heavy atom. The second-order valence-corrected chi connectivity index (χ2v) is 10.6. The summed E-state index contributed by atoms with van der Waals surface area (Å²) in [7, 11) is 2.93. The summed E-state index contributed by atoms with van der Waals surface area (Å²) in [5.74, 6) is -2.06. The number of hydrogen-bond donors (Lipinski definition) is 1. The molecule has 3 aliphatic carbocycles. The minimum atomic E-state index is -1.48. The summed E-state index contributed by atoms with van der Waals surface area (Å²) in [6, 6.07) is 0. The SMILES string of the molecule is COC1=C[C@@H](C)[C@@H]2C[C@H]3OC(=O)CC4[C@](C)(O)C(OC)[C@@H](OC(C)=O)C([C@]43C)[C@@]2(C)C1=O. The van der Waals surface area contributed by atoms with E-state index >= 15 is 0 Å². The van der Waals surface area contributed by atoms with Gasteiger partial charge in [0, 0.05) is 36.7 Å². The van der Waals surface area contributed by atoms with Crippen LogP contribution in [0.3, 0.4) is 0 Å². The number of hydrogen-bond acceptors (Lipinski definition) is 8. The number of ether oxygens (including phenoxy) is 4. The standard InChI is InChI=1S/C24H34O8/c1-11-8-14(29-6)20(27)22(3)13(11)9-16-23(4)15(10-17(26)32-16)24(5,28)21(30-7)18(19(22)23)31-12(2)25/h8,11,13,15-16,18-19,21,28H,9-10H2,1-7H3/t11-,13+,15?,16-,18+,19?,21?,22+,23-,24+/m1/s1. The van der Waals surface area contributed by atoms with Gasteiger partial charge in [0.15, 0.2) is 5.76 Å². The Morgan fingerprint density at radius 1 is 1.22 bits per heavy atom. The Kier molecular flexibility index (Phi) is 5.29. The molecule has 0 bridgehead atoms. The van der Waals surface area contributed by atoms with Gasteiger partial charge in [0.1, 0.15) is 18.3 Å². The van der Waals surface area contributed by atoms with E-state index in [0.717, 1.165) is 0 Å². The lowest BCUT2D eigenvalue weighted by atomic mass is 9.37. The van der Waals surface area contributed by atoms with E-state index in [2.05, 4.69) is 0 Å². The van der Waals surface area contributed by atoms with E-state index in [1.165, 1.54) is 21.1 Å². The van der Waals surface area contributed by atoms with Crippen molar-refractivity contribution in [2.75, 3.05) is 14.2 Å². The van der Waals surface area contributed by atoms with E-state index in [1.807, 2.05) is 26.8 Å². The summed E-state index contributed by atoms with van der Waals surface area (Å²) < 4.78 is 22.9. The molecule has 10 atom stereocenters. The topological polar surface area (TPSA) is 108 Å². The predicted molar refractivity (Wildman–Crippen MR) is 112 cm³/mol. The highest BCUT2D eigenvalue weighted by Gasteiger charge is 2.76. The molecule has 1 heterocycles. The van der Waals surface area contributed by atoms with Gasteiger partial charge in [-0.15, -0.1) is 0 Å². The molecule has 4 rings (SSSR count). The van der Waals surface area contributed by atoms with Gasteiger partial charge in [-0.3, -0.25) is 14.4 Å². The lowest BCUT2D eigenvalue weighted by molar-refractivity contribution is -0.317. The maximum Gasteiger partial charge on any atom is 0.306 e. The number of carbonyl (C=O) groups is 3. The average Bonchev–Trinajstić information content (AvgIpc) is 2.69. The van der Waals surface area contributed by atoms with Crippen LogP contribution in [0.4, 0.5) is 0 Å². The van der Waals surface area contributed by atoms with Gasteiger partial charge in [-0.25, -0.2) is 0 Å². The van der Waals surface area contributed by atoms with Gasteiger partial charge in [0.25, 0.3) is 0 Å². The molecule has 0 aromatic heterocycles. The molecule has 8 heteroatoms. The maximum atomic E-state index is 13.9. The van der Waals surface area contributed by atoms with Crippen molar-refractivity contribution >= 4 is 17.7 Å². The van der Waals surface area contributed by atoms with Crippen molar-refractivity contribution in [1.29, 1.82) is 0 Å². The third kappa shape index (κ3) is 2.78. The fourth-order valence-electron chi connectivity index (χ4n) is 7.87. The van der Waals surface area contributed by atoms with Crippen molar-refractivity contribution < 1.29 is 38.4 Å². The minimum Gasteiger partial charge on any atom is -0.493 e. The summed E-state index contributed by atoms with van der Waals surface area (Å²) in [6.07, 6.45) is -0.0443. The quantitative estimate of drug-likeness (QED) is 0.651. The average molecular weight is 451 g/mol. The van der Waals surface area contributed by atoms with Gasteiger partial charge < -0.3 is 24.1 Å². The summed E-state index contributed by atoms with van der Waals surface area (Å²) in [5, 5.41) is 11.7. The van der Waals surface area contributed by atoms with Crippen molar-refractivity contribution in [1.82, 2.24) is 0 Å². The largest absolute Gasteiger partial charge is 0.493 e. The molecule has 1 aliphatic heterocycles. The first-order valence-corrected chi connectivity index (χ1v) is 11.3. The summed E-state index contributed by atoms with van der Waals surface area (Å²) in [5.41, 5.74) is -3.27. The first kappa shape index (κ1) is 23.2. The Bertz CT molecular complexity index is 877. The van der Waals surface area contributed by atoms with Gasteiger partial charge >= 0.3 is 11.9 Å². The van der Waals surface area contributed by atoms with Gasteiger partial charge in [-0.2, -0.15) is 0 Å². The normalized spacial score (nSPS) is 49.9. The van der Waals surface area contributed by atoms with E-state index in [4.69, 9.17) is 18.9 Å². The number of aliphatic hydroxyl groups is 1. The molecule has 0 aromatic rings. The number of rotatable bonds is 3. The Morgan fingerprint density at radius 2 is 1.88 bits per heavy atom. The van der Waals surface area contributed by atoms with Crippen molar-refractivity contribution in [3.63, 3.8) is 0 Å². The van der Waals surface area contributed by atoms with Crippen LogP contribution in [0, 0.1) is 34.5 Å². The van der Waals surface area contributed by atoms with E-state index < -0.39 is 52.5 Å². The molecule has 178 valence electrons. The molecule has 0 spiro atoms. The minimum absolute atomic E-state index is 0.000611. The second kappa shape index (κ2) is 7.29. The van der Waals surface area contributed by atoms with Crippen LogP contribution in [-0.4, -0.2) is 61.0 Å². The van der Waals surface area contributed by atoms with Crippen LogP contribution in [0.25, 0.3) is 0 Å². The molecule has 1 N–H and O–H groups in total. The van der Waals surface area contributed by atoms with Crippen LogP contribution in [0.15, 0.2) is 11.8 Å². The van der Waals surface area contributed by atoms with Crippen LogP contribution in [-0.2, 0) is 33.3 Å². The number of methoxy groups -OCH3 is 2. The van der Waals surface area contributed by atoms with Crippen molar-refractivity contribution in [3.8, 4) is 0 Å². The smallest absolute Gasteiger partial charge is 0.306 e. The first-order chi connectivity index (χ1) is 14.8. The second-order valence-electron chi connectivity index (χ2n) is 10.6. The Labute approximate surface area is 188 Å². The van der Waals surface area contributed by atoms with Gasteiger partial charge in [-0.1, -0.05) is 20.8 Å². The van der Waals surface area contributed by atoms with Crippen LogP contribution in [0.1, 0.15) is 47.5 Å². The summed E-state index contributed by atoms with van der Waals surface area (Å²) in [6.45, 7) is 8.82. The van der Waals surface area contributed by atoms with Gasteiger partial charge in [0.2, 0.25) is 5.78 Å². The third-order valence-electron chi connectivity index (χ3n) is 9.09. The molecule has 8 nitrogen and oxygen atoms in total. The van der Waals surface area contributed by atoms with E-state index in [0.29, 0.717) is 6.42 Å². The van der Waals surface area contributed by atoms with Crippen LogP contribution in [0.2, 0.25) is 0 Å². The molecule has 0 aromatic carbocycles. The van der Waals surface area contributed by atoms with Crippen LogP contribution >= 0.6 is 0 Å². The number of fused-ring (bicyclic) bond motifs is 2. The number of carbonyl (C=O) groups excluding carboxylic acids is 3. The molecule has 0 amide bonds. The molecule has 32 heavy (non-hydrogen) atoms. The van der Waals surface area contributed by atoms with E-state index in [1.54, 1.807) is 6.92 Å². The highest BCUT2D eigenvalue weighted by molar-refractivity contribution is 6.00. The zero-order valence-corrected chi connectivity index (χ0v) is 19.8. The van der Waals surface area contributed by atoms with Crippen LogP contribution < -0.4 is 0 Å². The Hall–Kier alpha value is -1.93. The lowest BCUT2D eigenvalue weighted by Crippen LogP contribution is -2.78. The van der Waals surface area contributed by atoms with Gasteiger partial charge in [-0.05, 0) is 31.3 Å². The van der Waals surface area contributed by atoms with E-state index in [-0.39, 0.29) is 35.8 Å². The maximum absolute atomic E-state index is 13.9.